The molecule has 1 atom stereocenters. The second-order valence-corrected chi connectivity index (χ2v) is 3.74. The molecule has 4 nitrogen and oxygen atoms in total. The van der Waals surface area contributed by atoms with Gasteiger partial charge in [-0.3, -0.25) is 4.79 Å². The second kappa shape index (κ2) is 5.09. The van der Waals surface area contributed by atoms with Gasteiger partial charge in [0.1, 0.15) is 0 Å². The Hall–Kier alpha value is -1.39. The summed E-state index contributed by atoms with van der Waals surface area (Å²) in [6.07, 6.45) is -0.492. The van der Waals surface area contributed by atoms with Crippen molar-refractivity contribution in [2.24, 2.45) is 0 Å². The van der Waals surface area contributed by atoms with Crippen molar-refractivity contribution in [2.75, 3.05) is 25.1 Å². The van der Waals surface area contributed by atoms with Crippen LogP contribution in [-0.2, 0) is 14.3 Å². The Labute approximate surface area is 94.6 Å². The number of aryl methyl sites for hydroxylation is 1. The molecule has 2 rings (SSSR count). The van der Waals surface area contributed by atoms with Crippen molar-refractivity contribution in [1.82, 2.24) is 0 Å². The van der Waals surface area contributed by atoms with E-state index in [0.29, 0.717) is 19.8 Å². The van der Waals surface area contributed by atoms with Gasteiger partial charge in [0.2, 0.25) is 0 Å². The smallest absolute Gasteiger partial charge is 0.255 e. The molecule has 1 heterocycles. The maximum Gasteiger partial charge on any atom is 0.255 e. The van der Waals surface area contributed by atoms with Crippen LogP contribution in [0.4, 0.5) is 5.69 Å². The van der Waals surface area contributed by atoms with Crippen LogP contribution in [0.5, 0.6) is 0 Å². The monoisotopic (exact) mass is 221 g/mol. The zero-order chi connectivity index (χ0) is 11.4. The molecule has 1 aromatic rings. The van der Waals surface area contributed by atoms with E-state index in [9.17, 15) is 4.79 Å². The average molecular weight is 221 g/mol. The van der Waals surface area contributed by atoms with Gasteiger partial charge in [-0.05, 0) is 18.6 Å². The number of para-hydroxylation sites is 1. The number of nitrogens with one attached hydrogen (secondary N) is 1. The van der Waals surface area contributed by atoms with E-state index in [1.54, 1.807) is 0 Å². The molecule has 1 aliphatic rings. The van der Waals surface area contributed by atoms with E-state index in [1.807, 2.05) is 31.2 Å². The molecule has 0 spiro atoms. The van der Waals surface area contributed by atoms with E-state index in [1.165, 1.54) is 0 Å². The van der Waals surface area contributed by atoms with Gasteiger partial charge in [0, 0.05) is 5.69 Å². The highest BCUT2D eigenvalue weighted by Crippen LogP contribution is 2.14. The largest absolute Gasteiger partial charge is 0.376 e. The lowest BCUT2D eigenvalue weighted by atomic mass is 10.2. The molecule has 1 fully saturated rings. The molecule has 1 saturated heterocycles. The number of ether oxygens (including phenoxy) is 2. The van der Waals surface area contributed by atoms with Gasteiger partial charge in [-0.15, -0.1) is 0 Å². The number of carbonyl (C=O) groups excluding carboxylic acids is 1. The van der Waals surface area contributed by atoms with Crippen molar-refractivity contribution >= 4 is 11.6 Å². The highest BCUT2D eigenvalue weighted by atomic mass is 16.6. The van der Waals surface area contributed by atoms with Crippen molar-refractivity contribution in [2.45, 2.75) is 13.0 Å². The number of rotatable bonds is 2. The first kappa shape index (κ1) is 11.1. The molecule has 0 bridgehead atoms. The number of carbonyl (C=O) groups is 1. The topological polar surface area (TPSA) is 47.6 Å². The van der Waals surface area contributed by atoms with Crippen molar-refractivity contribution in [3.63, 3.8) is 0 Å². The number of benzene rings is 1. The summed E-state index contributed by atoms with van der Waals surface area (Å²) in [6, 6.07) is 7.65. The van der Waals surface area contributed by atoms with Crippen LogP contribution >= 0.6 is 0 Å². The molecule has 0 aliphatic carbocycles. The predicted molar refractivity (Wildman–Crippen MR) is 60.4 cm³/mol. The molecule has 86 valence electrons. The number of hydrogen-bond donors (Lipinski definition) is 1. The molecular weight excluding hydrogens is 206 g/mol. The molecule has 1 aromatic carbocycles. The maximum absolute atomic E-state index is 11.8. The summed E-state index contributed by atoms with van der Waals surface area (Å²) in [4.78, 5) is 11.8. The van der Waals surface area contributed by atoms with Crippen LogP contribution in [0.2, 0.25) is 0 Å². The third kappa shape index (κ3) is 2.59. The van der Waals surface area contributed by atoms with Crippen LogP contribution < -0.4 is 5.32 Å². The van der Waals surface area contributed by atoms with E-state index in [4.69, 9.17) is 9.47 Å². The zero-order valence-electron chi connectivity index (χ0n) is 9.23. The molecule has 0 unspecified atom stereocenters. The van der Waals surface area contributed by atoms with Crippen LogP contribution in [0.1, 0.15) is 5.56 Å². The fourth-order valence-electron chi connectivity index (χ4n) is 1.57. The minimum absolute atomic E-state index is 0.144. The molecule has 16 heavy (non-hydrogen) atoms. The first-order chi connectivity index (χ1) is 7.77. The summed E-state index contributed by atoms with van der Waals surface area (Å²) in [6.45, 7) is 3.32. The molecule has 4 heteroatoms. The molecular formula is C12H15NO3. The van der Waals surface area contributed by atoms with Crippen LogP contribution in [0.15, 0.2) is 24.3 Å². The first-order valence-electron chi connectivity index (χ1n) is 5.33. The van der Waals surface area contributed by atoms with Crippen LogP contribution in [0, 0.1) is 6.92 Å². The Morgan fingerprint density at radius 3 is 2.88 bits per heavy atom. The van der Waals surface area contributed by atoms with Gasteiger partial charge in [0.15, 0.2) is 6.10 Å². The fourth-order valence-corrected chi connectivity index (χ4v) is 1.57. The molecule has 0 radical (unpaired) electrons. The van der Waals surface area contributed by atoms with Gasteiger partial charge in [-0.1, -0.05) is 18.2 Å². The number of hydrogen-bond acceptors (Lipinski definition) is 3. The summed E-state index contributed by atoms with van der Waals surface area (Å²) in [7, 11) is 0. The third-order valence-electron chi connectivity index (χ3n) is 2.51. The second-order valence-electron chi connectivity index (χ2n) is 3.74. The van der Waals surface area contributed by atoms with E-state index in [0.717, 1.165) is 11.3 Å². The lowest BCUT2D eigenvalue weighted by Crippen LogP contribution is -2.39. The van der Waals surface area contributed by atoms with Gasteiger partial charge >= 0.3 is 0 Å². The Balaban J connectivity index is 1.99. The number of amides is 1. The Morgan fingerprint density at radius 2 is 2.19 bits per heavy atom. The van der Waals surface area contributed by atoms with Gasteiger partial charge in [0.05, 0.1) is 19.8 Å². The van der Waals surface area contributed by atoms with E-state index in [2.05, 4.69) is 5.32 Å². The van der Waals surface area contributed by atoms with Crippen LogP contribution in [0.3, 0.4) is 0 Å². The van der Waals surface area contributed by atoms with Crippen LogP contribution in [0.25, 0.3) is 0 Å². The molecule has 0 aromatic heterocycles. The SMILES string of the molecule is Cc1ccccc1NC(=O)[C@H]1COCCO1. The highest BCUT2D eigenvalue weighted by molar-refractivity contribution is 5.94. The summed E-state index contributed by atoms with van der Waals surface area (Å²) in [5.74, 6) is -0.144. The zero-order valence-corrected chi connectivity index (χ0v) is 9.23. The Bertz CT molecular complexity index is 372. The first-order valence-corrected chi connectivity index (χ1v) is 5.33. The summed E-state index contributed by atoms with van der Waals surface area (Å²) >= 11 is 0. The van der Waals surface area contributed by atoms with Crippen molar-refractivity contribution in [1.29, 1.82) is 0 Å². The van der Waals surface area contributed by atoms with E-state index in [-0.39, 0.29) is 5.91 Å². The normalized spacial score (nSPS) is 20.4. The van der Waals surface area contributed by atoms with Crippen molar-refractivity contribution in [3.05, 3.63) is 29.8 Å². The summed E-state index contributed by atoms with van der Waals surface area (Å²) in [5, 5.41) is 2.84. The average Bonchev–Trinajstić information content (AvgIpc) is 2.33. The van der Waals surface area contributed by atoms with Gasteiger partial charge < -0.3 is 14.8 Å². The third-order valence-corrected chi connectivity index (χ3v) is 2.51. The summed E-state index contributed by atoms with van der Waals surface area (Å²) in [5.41, 5.74) is 1.86. The quantitative estimate of drug-likeness (QED) is 0.820. The predicted octanol–water partition coefficient (Wildman–Crippen LogP) is 1.35. The van der Waals surface area contributed by atoms with Gasteiger partial charge in [-0.25, -0.2) is 0 Å². The van der Waals surface area contributed by atoms with E-state index >= 15 is 0 Å². The fraction of sp³-hybridized carbons (Fsp3) is 0.417. The molecule has 1 aliphatic heterocycles. The lowest BCUT2D eigenvalue weighted by molar-refractivity contribution is -0.142. The van der Waals surface area contributed by atoms with Gasteiger partial charge in [0.25, 0.3) is 5.91 Å². The maximum atomic E-state index is 11.8. The molecule has 0 saturated carbocycles. The van der Waals surface area contributed by atoms with Gasteiger partial charge in [-0.2, -0.15) is 0 Å². The molecule has 1 N–H and O–H groups in total. The highest BCUT2D eigenvalue weighted by Gasteiger charge is 2.22. The van der Waals surface area contributed by atoms with E-state index < -0.39 is 6.10 Å². The minimum Gasteiger partial charge on any atom is -0.376 e. The Kier molecular flexibility index (Phi) is 3.54. The van der Waals surface area contributed by atoms with Crippen LogP contribution in [-0.4, -0.2) is 31.8 Å². The number of anilines is 1. The standard InChI is InChI=1S/C12H15NO3/c1-9-4-2-3-5-10(9)13-12(14)11-8-15-6-7-16-11/h2-5,11H,6-8H2,1H3,(H,13,14)/t11-/m1/s1. The van der Waals surface area contributed by atoms with Crippen molar-refractivity contribution in [3.8, 4) is 0 Å². The minimum atomic E-state index is -0.492. The lowest BCUT2D eigenvalue weighted by Gasteiger charge is -2.22. The molecule has 1 amide bonds. The summed E-state index contributed by atoms with van der Waals surface area (Å²) < 4.78 is 10.5. The Morgan fingerprint density at radius 1 is 1.38 bits per heavy atom. The van der Waals surface area contributed by atoms with Crippen molar-refractivity contribution < 1.29 is 14.3 Å².